The van der Waals surface area contributed by atoms with Crippen molar-refractivity contribution >= 4 is 35.6 Å². The largest absolute Gasteiger partial charge is 0.370 e. The Kier molecular flexibility index (Phi) is 7.02. The summed E-state index contributed by atoms with van der Waals surface area (Å²) in [5.74, 6) is 0.203. The van der Waals surface area contributed by atoms with E-state index in [1.807, 2.05) is 6.07 Å². The molecule has 128 valence electrons. The van der Waals surface area contributed by atoms with Crippen molar-refractivity contribution in [3.05, 3.63) is 65.0 Å². The van der Waals surface area contributed by atoms with Crippen LogP contribution in [0.4, 0.5) is 10.1 Å². The maximum absolute atomic E-state index is 13.1. The summed E-state index contributed by atoms with van der Waals surface area (Å²) < 4.78 is 13.1. The zero-order chi connectivity index (χ0) is 16.1. The number of anilines is 1. The number of nitrogens with two attached hydrogens (primary N) is 1. The van der Waals surface area contributed by atoms with Crippen LogP contribution < -0.4 is 11.1 Å². The van der Waals surface area contributed by atoms with Gasteiger partial charge in [-0.1, -0.05) is 24.3 Å². The van der Waals surface area contributed by atoms with Gasteiger partial charge in [0.05, 0.1) is 0 Å². The third-order valence-electron chi connectivity index (χ3n) is 4.23. The molecule has 3 nitrogen and oxygen atoms in total. The highest BCUT2D eigenvalue weighted by atomic mass is 127. The zero-order valence-corrected chi connectivity index (χ0v) is 15.9. The average molecular weight is 439 g/mol. The summed E-state index contributed by atoms with van der Waals surface area (Å²) in [5, 5.41) is 3.22. The topological polar surface area (TPSA) is 50.4 Å². The van der Waals surface area contributed by atoms with Gasteiger partial charge in [0.1, 0.15) is 5.82 Å². The molecule has 1 aliphatic rings. The first-order valence-electron chi connectivity index (χ1n) is 8.14. The summed E-state index contributed by atoms with van der Waals surface area (Å²) >= 11 is 0. The number of nitrogens with zero attached hydrogens (tertiary/aromatic N) is 1. The van der Waals surface area contributed by atoms with E-state index in [9.17, 15) is 4.39 Å². The number of fused-ring (bicyclic) bond motifs is 1. The van der Waals surface area contributed by atoms with Crippen LogP contribution in [0.25, 0.3) is 0 Å². The molecule has 0 saturated carbocycles. The molecule has 0 aliphatic heterocycles. The smallest absolute Gasteiger partial charge is 0.193 e. The molecule has 0 unspecified atom stereocenters. The Labute approximate surface area is 159 Å². The number of halogens is 2. The fraction of sp³-hybridized carbons (Fsp3) is 0.316. The Bertz CT molecular complexity index is 716. The van der Waals surface area contributed by atoms with Crippen LogP contribution in [0.15, 0.2) is 47.5 Å². The second-order valence-corrected chi connectivity index (χ2v) is 5.92. The first-order chi connectivity index (χ1) is 11.2. The summed E-state index contributed by atoms with van der Waals surface area (Å²) in [4.78, 5) is 4.35. The first kappa shape index (κ1) is 18.7. The SMILES string of the molecule is I.NC(=NCCc1cccc(F)c1)Nc1cccc2c1CCCC2. The summed E-state index contributed by atoms with van der Waals surface area (Å²) in [6.45, 7) is 0.539. The van der Waals surface area contributed by atoms with E-state index in [1.54, 1.807) is 6.07 Å². The number of aliphatic imine (C=N–C) groups is 1. The predicted octanol–water partition coefficient (Wildman–Crippen LogP) is 4.29. The normalized spacial score (nSPS) is 13.8. The monoisotopic (exact) mass is 439 g/mol. The Morgan fingerprint density at radius 2 is 1.92 bits per heavy atom. The van der Waals surface area contributed by atoms with Crippen LogP contribution in [-0.2, 0) is 19.3 Å². The molecular weight excluding hydrogens is 416 g/mol. The molecule has 3 rings (SSSR count). The minimum absolute atomic E-state index is 0. The molecule has 0 heterocycles. The van der Waals surface area contributed by atoms with E-state index < -0.39 is 0 Å². The maximum Gasteiger partial charge on any atom is 0.193 e. The molecule has 5 heteroatoms. The van der Waals surface area contributed by atoms with Crippen molar-refractivity contribution in [2.75, 3.05) is 11.9 Å². The van der Waals surface area contributed by atoms with E-state index in [0.717, 1.165) is 24.1 Å². The van der Waals surface area contributed by atoms with E-state index in [-0.39, 0.29) is 29.8 Å². The van der Waals surface area contributed by atoms with Crippen molar-refractivity contribution < 1.29 is 4.39 Å². The highest BCUT2D eigenvalue weighted by molar-refractivity contribution is 14.0. The Hall–Kier alpha value is -1.63. The van der Waals surface area contributed by atoms with Gasteiger partial charge in [-0.05, 0) is 67.0 Å². The number of nitrogens with one attached hydrogen (secondary N) is 1. The maximum atomic E-state index is 13.1. The molecule has 0 spiro atoms. The Morgan fingerprint density at radius 3 is 2.75 bits per heavy atom. The fourth-order valence-corrected chi connectivity index (χ4v) is 3.07. The third-order valence-corrected chi connectivity index (χ3v) is 4.23. The van der Waals surface area contributed by atoms with Gasteiger partial charge in [-0.15, -0.1) is 24.0 Å². The highest BCUT2D eigenvalue weighted by Gasteiger charge is 2.12. The lowest BCUT2D eigenvalue weighted by Gasteiger charge is -2.19. The third kappa shape index (κ3) is 4.93. The quantitative estimate of drug-likeness (QED) is 0.424. The molecule has 0 radical (unpaired) electrons. The van der Waals surface area contributed by atoms with Crippen LogP contribution in [0.1, 0.15) is 29.5 Å². The van der Waals surface area contributed by atoms with Crippen LogP contribution in [0.5, 0.6) is 0 Å². The zero-order valence-electron chi connectivity index (χ0n) is 13.6. The van der Waals surface area contributed by atoms with Gasteiger partial charge in [-0.2, -0.15) is 0 Å². The first-order valence-corrected chi connectivity index (χ1v) is 8.14. The van der Waals surface area contributed by atoms with Crippen molar-refractivity contribution in [2.45, 2.75) is 32.1 Å². The molecule has 2 aromatic rings. The highest BCUT2D eigenvalue weighted by Crippen LogP contribution is 2.27. The molecule has 0 aromatic heterocycles. The van der Waals surface area contributed by atoms with Gasteiger partial charge in [0, 0.05) is 12.2 Å². The van der Waals surface area contributed by atoms with Gasteiger partial charge >= 0.3 is 0 Å². The number of benzene rings is 2. The van der Waals surface area contributed by atoms with Crippen LogP contribution in [0.3, 0.4) is 0 Å². The van der Waals surface area contributed by atoms with E-state index >= 15 is 0 Å². The molecule has 0 amide bonds. The average Bonchev–Trinajstić information content (AvgIpc) is 2.55. The minimum Gasteiger partial charge on any atom is -0.370 e. The fourth-order valence-electron chi connectivity index (χ4n) is 3.07. The standard InChI is InChI=1S/C19H22FN3.HI/c20-16-8-3-5-14(13-16)11-12-22-19(21)23-18-10-4-7-15-6-1-2-9-17(15)18;/h3-5,7-8,10,13H,1-2,6,9,11-12H2,(H3,21,22,23);1H. The van der Waals surface area contributed by atoms with Crippen molar-refractivity contribution in [3.8, 4) is 0 Å². The van der Waals surface area contributed by atoms with Gasteiger partial charge < -0.3 is 11.1 Å². The minimum atomic E-state index is -0.214. The molecule has 2 aromatic carbocycles. The van der Waals surface area contributed by atoms with Crippen molar-refractivity contribution in [2.24, 2.45) is 10.7 Å². The number of hydrogen-bond acceptors (Lipinski definition) is 1. The molecule has 0 atom stereocenters. The summed E-state index contributed by atoms with van der Waals surface area (Å²) in [6.07, 6.45) is 5.39. The van der Waals surface area contributed by atoms with E-state index in [0.29, 0.717) is 18.9 Å². The molecular formula is C19H23FIN3. The molecule has 24 heavy (non-hydrogen) atoms. The molecule has 0 saturated heterocycles. The van der Waals surface area contributed by atoms with E-state index in [1.165, 1.54) is 36.1 Å². The Balaban J connectivity index is 0.00000208. The lowest BCUT2D eigenvalue weighted by Crippen LogP contribution is -2.24. The lowest BCUT2D eigenvalue weighted by atomic mass is 9.90. The summed E-state index contributed by atoms with van der Waals surface area (Å²) in [5.41, 5.74) is 10.8. The number of hydrogen-bond donors (Lipinski definition) is 2. The van der Waals surface area contributed by atoms with Crippen molar-refractivity contribution in [1.29, 1.82) is 0 Å². The molecule has 1 aliphatic carbocycles. The van der Waals surface area contributed by atoms with E-state index in [2.05, 4.69) is 28.5 Å². The second kappa shape index (κ2) is 9.01. The van der Waals surface area contributed by atoms with Crippen molar-refractivity contribution in [1.82, 2.24) is 0 Å². The van der Waals surface area contributed by atoms with Crippen LogP contribution in [-0.4, -0.2) is 12.5 Å². The predicted molar refractivity (Wildman–Crippen MR) is 109 cm³/mol. The van der Waals surface area contributed by atoms with Crippen LogP contribution in [0, 0.1) is 5.82 Å². The van der Waals surface area contributed by atoms with Gasteiger partial charge in [-0.25, -0.2) is 4.39 Å². The second-order valence-electron chi connectivity index (χ2n) is 5.92. The number of aryl methyl sites for hydroxylation is 1. The van der Waals surface area contributed by atoms with E-state index in [4.69, 9.17) is 5.73 Å². The van der Waals surface area contributed by atoms with Gasteiger partial charge in [0.15, 0.2) is 5.96 Å². The van der Waals surface area contributed by atoms with Gasteiger partial charge in [0.2, 0.25) is 0 Å². The lowest BCUT2D eigenvalue weighted by molar-refractivity contribution is 0.625. The molecule has 3 N–H and O–H groups in total. The Morgan fingerprint density at radius 1 is 1.12 bits per heavy atom. The van der Waals surface area contributed by atoms with Gasteiger partial charge in [-0.3, -0.25) is 4.99 Å². The van der Waals surface area contributed by atoms with Crippen LogP contribution >= 0.6 is 24.0 Å². The number of rotatable bonds is 4. The number of guanidine groups is 1. The van der Waals surface area contributed by atoms with Crippen molar-refractivity contribution in [3.63, 3.8) is 0 Å². The molecule has 0 fully saturated rings. The van der Waals surface area contributed by atoms with Gasteiger partial charge in [0.25, 0.3) is 0 Å². The molecule has 0 bridgehead atoms. The summed E-state index contributed by atoms with van der Waals surface area (Å²) in [6, 6.07) is 12.9. The summed E-state index contributed by atoms with van der Waals surface area (Å²) in [7, 11) is 0. The van der Waals surface area contributed by atoms with Crippen LogP contribution in [0.2, 0.25) is 0 Å².